The van der Waals surface area contributed by atoms with Crippen LogP contribution in [0.1, 0.15) is 28.5 Å². The second-order valence-electron chi connectivity index (χ2n) is 4.04. The molecule has 0 N–H and O–H groups in total. The van der Waals surface area contributed by atoms with E-state index >= 15 is 0 Å². The third-order valence-corrected chi connectivity index (χ3v) is 2.85. The van der Waals surface area contributed by atoms with Crippen LogP contribution in [0.25, 0.3) is 0 Å². The largest absolute Gasteiger partial charge is 0.272 e. The molecule has 16 heavy (non-hydrogen) atoms. The highest BCUT2D eigenvalue weighted by atomic mass is 15.3. The van der Waals surface area contributed by atoms with E-state index in [9.17, 15) is 0 Å². The van der Waals surface area contributed by atoms with Crippen molar-refractivity contribution in [2.75, 3.05) is 0 Å². The van der Waals surface area contributed by atoms with Crippen molar-refractivity contribution in [2.45, 2.75) is 27.2 Å². The first-order valence-corrected chi connectivity index (χ1v) is 5.35. The summed E-state index contributed by atoms with van der Waals surface area (Å²) in [6, 6.07) is 1.96. The number of rotatable bonds is 2. The van der Waals surface area contributed by atoms with Gasteiger partial charge in [-0.25, -0.2) is 9.97 Å². The van der Waals surface area contributed by atoms with Crippen LogP contribution in [0.3, 0.4) is 0 Å². The Balaban J connectivity index is 2.34. The molecule has 84 valence electrons. The lowest BCUT2D eigenvalue weighted by Crippen LogP contribution is -1.98. The van der Waals surface area contributed by atoms with Gasteiger partial charge in [-0.1, -0.05) is 0 Å². The van der Waals surface area contributed by atoms with Crippen molar-refractivity contribution in [3.63, 3.8) is 0 Å². The summed E-state index contributed by atoms with van der Waals surface area (Å²) in [6.07, 6.45) is 2.63. The molecule has 0 atom stereocenters. The van der Waals surface area contributed by atoms with Crippen LogP contribution in [0.4, 0.5) is 0 Å². The Morgan fingerprint density at radius 2 is 2.00 bits per heavy atom. The van der Waals surface area contributed by atoms with E-state index in [1.165, 1.54) is 11.3 Å². The van der Waals surface area contributed by atoms with Crippen molar-refractivity contribution in [3.05, 3.63) is 40.7 Å². The average Bonchev–Trinajstić information content (AvgIpc) is 2.45. The van der Waals surface area contributed by atoms with Gasteiger partial charge in [-0.05, 0) is 26.8 Å². The maximum atomic E-state index is 4.41. The second-order valence-corrected chi connectivity index (χ2v) is 4.04. The lowest BCUT2D eigenvalue weighted by atomic mass is 10.1. The summed E-state index contributed by atoms with van der Waals surface area (Å²) in [5.74, 6) is 0.816. The minimum atomic E-state index is 0.816. The number of nitrogens with zero attached hydrogens (tertiary/aromatic N) is 4. The minimum Gasteiger partial charge on any atom is -0.272 e. The van der Waals surface area contributed by atoms with Crippen LogP contribution >= 0.6 is 0 Å². The van der Waals surface area contributed by atoms with Crippen molar-refractivity contribution in [1.82, 2.24) is 19.7 Å². The van der Waals surface area contributed by atoms with Gasteiger partial charge in [0.05, 0.1) is 5.69 Å². The Labute approximate surface area is 95.4 Å². The molecule has 0 fully saturated rings. The molecular weight excluding hydrogens is 200 g/mol. The molecule has 2 rings (SSSR count). The molecule has 0 amide bonds. The van der Waals surface area contributed by atoms with Crippen LogP contribution in [0.2, 0.25) is 0 Å². The Hall–Kier alpha value is -1.71. The molecule has 0 aromatic carbocycles. The molecule has 0 radical (unpaired) electrons. The van der Waals surface area contributed by atoms with Crippen LogP contribution in [0, 0.1) is 20.8 Å². The zero-order chi connectivity index (χ0) is 11.7. The third-order valence-electron chi connectivity index (χ3n) is 2.85. The lowest BCUT2D eigenvalue weighted by molar-refractivity contribution is 0.730. The highest BCUT2D eigenvalue weighted by Crippen LogP contribution is 2.15. The summed E-state index contributed by atoms with van der Waals surface area (Å²) in [5.41, 5.74) is 4.59. The summed E-state index contributed by atoms with van der Waals surface area (Å²) in [4.78, 5) is 8.51. The Kier molecular flexibility index (Phi) is 2.73. The van der Waals surface area contributed by atoms with Crippen LogP contribution in [-0.4, -0.2) is 19.7 Å². The fourth-order valence-corrected chi connectivity index (χ4v) is 1.86. The molecule has 0 aliphatic carbocycles. The molecule has 0 bridgehead atoms. The first-order chi connectivity index (χ1) is 7.58. The normalized spacial score (nSPS) is 10.8. The molecule has 0 aliphatic rings. The molecule has 0 saturated carbocycles. The van der Waals surface area contributed by atoms with E-state index in [0.29, 0.717) is 0 Å². The Bertz CT molecular complexity index is 514. The van der Waals surface area contributed by atoms with Crippen molar-refractivity contribution in [1.29, 1.82) is 0 Å². The van der Waals surface area contributed by atoms with Gasteiger partial charge in [0, 0.05) is 36.6 Å². The fraction of sp³-hybridized carbons (Fsp3) is 0.417. The predicted molar refractivity (Wildman–Crippen MR) is 62.3 cm³/mol. The van der Waals surface area contributed by atoms with Gasteiger partial charge in [0.1, 0.15) is 5.82 Å². The van der Waals surface area contributed by atoms with Gasteiger partial charge in [0.2, 0.25) is 0 Å². The van der Waals surface area contributed by atoms with E-state index in [4.69, 9.17) is 0 Å². The second kappa shape index (κ2) is 4.04. The molecule has 2 aromatic rings. The molecule has 0 unspecified atom stereocenters. The van der Waals surface area contributed by atoms with Crippen molar-refractivity contribution in [3.8, 4) is 0 Å². The van der Waals surface area contributed by atoms with E-state index in [2.05, 4.69) is 22.0 Å². The van der Waals surface area contributed by atoms with Gasteiger partial charge in [-0.3, -0.25) is 4.68 Å². The van der Waals surface area contributed by atoms with Crippen molar-refractivity contribution < 1.29 is 0 Å². The van der Waals surface area contributed by atoms with E-state index in [1.54, 1.807) is 6.20 Å². The third kappa shape index (κ3) is 1.96. The van der Waals surface area contributed by atoms with Gasteiger partial charge >= 0.3 is 0 Å². The first-order valence-electron chi connectivity index (χ1n) is 5.35. The van der Waals surface area contributed by atoms with Crippen LogP contribution < -0.4 is 0 Å². The van der Waals surface area contributed by atoms with Gasteiger partial charge in [0.15, 0.2) is 0 Å². The summed E-state index contributed by atoms with van der Waals surface area (Å²) in [6.45, 7) is 6.03. The standard InChI is InChI=1S/C12H16N4/c1-8-12(9(2)16(4)15-8)7-11-5-6-13-10(3)14-11/h5-6H,7H2,1-4H3. The molecule has 2 heterocycles. The molecule has 0 spiro atoms. The van der Waals surface area contributed by atoms with E-state index < -0.39 is 0 Å². The van der Waals surface area contributed by atoms with Crippen molar-refractivity contribution >= 4 is 0 Å². The Morgan fingerprint density at radius 3 is 2.56 bits per heavy atom. The maximum absolute atomic E-state index is 4.41. The molecule has 4 heteroatoms. The van der Waals surface area contributed by atoms with Crippen LogP contribution in [0.15, 0.2) is 12.3 Å². The highest BCUT2D eigenvalue weighted by Gasteiger charge is 2.10. The highest BCUT2D eigenvalue weighted by molar-refractivity contribution is 5.28. The fourth-order valence-electron chi connectivity index (χ4n) is 1.86. The number of hydrogen-bond donors (Lipinski definition) is 0. The molecule has 0 aliphatic heterocycles. The topological polar surface area (TPSA) is 43.6 Å². The SMILES string of the molecule is Cc1nccc(Cc2c(C)nn(C)c2C)n1. The van der Waals surface area contributed by atoms with E-state index in [1.807, 2.05) is 31.6 Å². The zero-order valence-electron chi connectivity index (χ0n) is 10.2. The Morgan fingerprint density at radius 1 is 1.25 bits per heavy atom. The number of hydrogen-bond acceptors (Lipinski definition) is 3. The summed E-state index contributed by atoms with van der Waals surface area (Å²) in [7, 11) is 1.97. The van der Waals surface area contributed by atoms with Crippen LogP contribution in [0.5, 0.6) is 0 Å². The molecule has 0 saturated heterocycles. The maximum Gasteiger partial charge on any atom is 0.125 e. The van der Waals surface area contributed by atoms with E-state index in [-0.39, 0.29) is 0 Å². The first kappa shape index (κ1) is 10.8. The van der Waals surface area contributed by atoms with Crippen molar-refractivity contribution in [2.24, 2.45) is 7.05 Å². The zero-order valence-corrected chi connectivity index (χ0v) is 10.2. The molecule has 2 aromatic heterocycles. The van der Waals surface area contributed by atoms with Gasteiger partial charge < -0.3 is 0 Å². The quantitative estimate of drug-likeness (QED) is 0.767. The molecular formula is C12H16N4. The number of aryl methyl sites for hydroxylation is 3. The smallest absolute Gasteiger partial charge is 0.125 e. The summed E-state index contributed by atoms with van der Waals surface area (Å²) < 4.78 is 1.92. The minimum absolute atomic E-state index is 0.816. The lowest BCUT2D eigenvalue weighted by Gasteiger charge is -2.02. The van der Waals surface area contributed by atoms with E-state index in [0.717, 1.165) is 23.6 Å². The van der Waals surface area contributed by atoms with Gasteiger partial charge in [0.25, 0.3) is 0 Å². The summed E-state index contributed by atoms with van der Waals surface area (Å²) in [5, 5.41) is 4.40. The number of aromatic nitrogens is 4. The van der Waals surface area contributed by atoms with Gasteiger partial charge in [-0.15, -0.1) is 0 Å². The van der Waals surface area contributed by atoms with Gasteiger partial charge in [-0.2, -0.15) is 5.10 Å². The molecule has 4 nitrogen and oxygen atoms in total. The summed E-state index contributed by atoms with van der Waals surface area (Å²) >= 11 is 0. The average molecular weight is 216 g/mol. The van der Waals surface area contributed by atoms with Crippen LogP contribution in [-0.2, 0) is 13.5 Å². The monoisotopic (exact) mass is 216 g/mol. The predicted octanol–water partition coefficient (Wildman–Crippen LogP) is 1.73.